The first-order valence-electron chi connectivity index (χ1n) is 6.23. The molecule has 1 heterocycles. The van der Waals surface area contributed by atoms with Crippen LogP contribution in [0, 0.1) is 11.6 Å². The largest absolute Gasteiger partial charge is 0.395 e. The highest BCUT2D eigenvalue weighted by Gasteiger charge is 2.25. The highest BCUT2D eigenvalue weighted by Crippen LogP contribution is 2.26. The number of hydrogen-bond donors (Lipinski definition) is 2. The van der Waals surface area contributed by atoms with Gasteiger partial charge in [-0.3, -0.25) is 0 Å². The third kappa shape index (κ3) is 3.37. The molecule has 20 heavy (non-hydrogen) atoms. The van der Waals surface area contributed by atoms with E-state index in [1.807, 2.05) is 0 Å². The lowest BCUT2D eigenvalue weighted by Crippen LogP contribution is -2.41. The summed E-state index contributed by atoms with van der Waals surface area (Å²) in [6.45, 7) is 0.766. The minimum Gasteiger partial charge on any atom is -0.395 e. The maximum Gasteiger partial charge on any atom is 0.211 e. The number of nitrogen functional groups attached to an aromatic ring is 1. The maximum atomic E-state index is 13.3. The van der Waals surface area contributed by atoms with Crippen molar-refractivity contribution in [3.05, 3.63) is 23.8 Å². The van der Waals surface area contributed by atoms with Gasteiger partial charge in [-0.05, 0) is 18.9 Å². The van der Waals surface area contributed by atoms with Crippen molar-refractivity contribution in [2.45, 2.75) is 18.9 Å². The maximum absolute atomic E-state index is 13.3. The minimum atomic E-state index is -3.18. The molecule has 0 atom stereocenters. The topological polar surface area (TPSA) is 75.4 Å². The Hall–Kier alpha value is -1.41. The molecule has 0 spiro atoms. The number of benzene rings is 1. The number of rotatable bonds is 3. The molecule has 0 aliphatic carbocycles. The first-order valence-corrected chi connectivity index (χ1v) is 8.08. The summed E-state index contributed by atoms with van der Waals surface area (Å²) in [6, 6.07) is 1.81. The smallest absolute Gasteiger partial charge is 0.211 e. The second-order valence-electron chi connectivity index (χ2n) is 4.93. The second-order valence-corrected chi connectivity index (χ2v) is 6.91. The molecule has 3 N–H and O–H groups in total. The summed E-state index contributed by atoms with van der Waals surface area (Å²) in [5, 5.41) is 2.98. The van der Waals surface area contributed by atoms with Crippen LogP contribution in [0.2, 0.25) is 0 Å². The van der Waals surface area contributed by atoms with E-state index in [0.717, 1.165) is 12.1 Å². The van der Waals surface area contributed by atoms with Crippen LogP contribution in [-0.4, -0.2) is 38.1 Å². The Kier molecular flexibility index (Phi) is 4.14. The average Bonchev–Trinajstić information content (AvgIpc) is 2.35. The van der Waals surface area contributed by atoms with E-state index in [9.17, 15) is 17.2 Å². The van der Waals surface area contributed by atoms with Gasteiger partial charge >= 0.3 is 0 Å². The standard InChI is InChI=1S/C12H17F2N3O2S/c1-20(18,19)17-4-2-9(3-5-17)16-11-7-8(13)6-10(14)12(11)15/h6-7,9,16H,2-5,15H2,1H3. The summed E-state index contributed by atoms with van der Waals surface area (Å²) in [6.07, 6.45) is 2.29. The van der Waals surface area contributed by atoms with Crippen LogP contribution in [0.3, 0.4) is 0 Å². The molecule has 0 saturated carbocycles. The number of piperidine rings is 1. The molecule has 1 aromatic rings. The number of hydrogen-bond acceptors (Lipinski definition) is 4. The fourth-order valence-electron chi connectivity index (χ4n) is 2.26. The van der Waals surface area contributed by atoms with Crippen LogP contribution in [0.5, 0.6) is 0 Å². The molecule has 8 heteroatoms. The average molecular weight is 305 g/mol. The Morgan fingerprint density at radius 1 is 1.30 bits per heavy atom. The van der Waals surface area contributed by atoms with Crippen molar-refractivity contribution in [3.8, 4) is 0 Å². The number of sulfonamides is 1. The van der Waals surface area contributed by atoms with Crippen LogP contribution in [0.25, 0.3) is 0 Å². The Bertz CT molecular complexity index is 599. The predicted molar refractivity (Wildman–Crippen MR) is 73.8 cm³/mol. The van der Waals surface area contributed by atoms with E-state index >= 15 is 0 Å². The fourth-order valence-corrected chi connectivity index (χ4v) is 3.13. The van der Waals surface area contributed by atoms with Crippen LogP contribution < -0.4 is 11.1 Å². The molecule has 0 radical (unpaired) electrons. The van der Waals surface area contributed by atoms with Gasteiger partial charge in [-0.15, -0.1) is 0 Å². The summed E-state index contributed by atoms with van der Waals surface area (Å²) >= 11 is 0. The Morgan fingerprint density at radius 3 is 2.45 bits per heavy atom. The molecular weight excluding hydrogens is 288 g/mol. The highest BCUT2D eigenvalue weighted by atomic mass is 32.2. The lowest BCUT2D eigenvalue weighted by molar-refractivity contribution is 0.332. The second kappa shape index (κ2) is 5.53. The molecule has 0 unspecified atom stereocenters. The fraction of sp³-hybridized carbons (Fsp3) is 0.500. The van der Waals surface area contributed by atoms with Crippen molar-refractivity contribution in [1.29, 1.82) is 0 Å². The predicted octanol–water partition coefficient (Wildman–Crippen LogP) is 1.38. The molecule has 0 amide bonds. The molecule has 5 nitrogen and oxygen atoms in total. The van der Waals surface area contributed by atoms with Gasteiger partial charge in [0.25, 0.3) is 0 Å². The molecule has 0 aromatic heterocycles. The molecule has 1 aliphatic heterocycles. The van der Waals surface area contributed by atoms with Gasteiger partial charge in [0.1, 0.15) is 5.82 Å². The number of anilines is 2. The van der Waals surface area contributed by atoms with Gasteiger partial charge in [-0.1, -0.05) is 0 Å². The van der Waals surface area contributed by atoms with Gasteiger partial charge in [0.05, 0.1) is 17.6 Å². The van der Waals surface area contributed by atoms with Crippen LogP contribution in [0.1, 0.15) is 12.8 Å². The zero-order chi connectivity index (χ0) is 14.9. The summed E-state index contributed by atoms with van der Waals surface area (Å²) < 4.78 is 50.6. The van der Waals surface area contributed by atoms with E-state index in [1.165, 1.54) is 10.6 Å². The molecular formula is C12H17F2N3O2S. The Morgan fingerprint density at radius 2 is 1.90 bits per heavy atom. The zero-order valence-corrected chi connectivity index (χ0v) is 11.9. The van der Waals surface area contributed by atoms with E-state index in [2.05, 4.69) is 5.32 Å². The molecule has 1 fully saturated rings. The SMILES string of the molecule is CS(=O)(=O)N1CCC(Nc2cc(F)cc(F)c2N)CC1. The van der Waals surface area contributed by atoms with Gasteiger partial charge < -0.3 is 11.1 Å². The third-order valence-electron chi connectivity index (χ3n) is 3.38. The summed E-state index contributed by atoms with van der Waals surface area (Å²) in [7, 11) is -3.18. The van der Waals surface area contributed by atoms with Crippen LogP contribution in [0.15, 0.2) is 12.1 Å². The van der Waals surface area contributed by atoms with Crippen molar-refractivity contribution in [3.63, 3.8) is 0 Å². The van der Waals surface area contributed by atoms with E-state index in [0.29, 0.717) is 25.9 Å². The van der Waals surface area contributed by atoms with Crippen molar-refractivity contribution < 1.29 is 17.2 Å². The minimum absolute atomic E-state index is 0.0588. The molecule has 0 bridgehead atoms. The molecule has 2 rings (SSSR count). The molecule has 1 aromatic carbocycles. The Labute approximate surface area is 116 Å². The first-order chi connectivity index (χ1) is 9.27. The van der Waals surface area contributed by atoms with Crippen LogP contribution in [-0.2, 0) is 10.0 Å². The number of nitrogens with one attached hydrogen (secondary N) is 1. The lowest BCUT2D eigenvalue weighted by atomic mass is 10.1. The van der Waals surface area contributed by atoms with Gasteiger partial charge in [-0.25, -0.2) is 21.5 Å². The normalized spacial score (nSPS) is 18.1. The monoisotopic (exact) mass is 305 g/mol. The van der Waals surface area contributed by atoms with Gasteiger partial charge in [0, 0.05) is 25.2 Å². The van der Waals surface area contributed by atoms with E-state index in [-0.39, 0.29) is 17.4 Å². The summed E-state index contributed by atoms with van der Waals surface area (Å²) in [4.78, 5) is 0. The van der Waals surface area contributed by atoms with Gasteiger partial charge in [-0.2, -0.15) is 0 Å². The number of nitrogens with zero attached hydrogens (tertiary/aromatic N) is 1. The Balaban J connectivity index is 2.03. The van der Waals surface area contributed by atoms with Crippen molar-refractivity contribution in [1.82, 2.24) is 4.31 Å². The number of halogens is 2. The highest BCUT2D eigenvalue weighted by molar-refractivity contribution is 7.88. The third-order valence-corrected chi connectivity index (χ3v) is 4.68. The summed E-state index contributed by atoms with van der Waals surface area (Å²) in [5.41, 5.74) is 5.64. The van der Waals surface area contributed by atoms with Crippen molar-refractivity contribution in [2.24, 2.45) is 0 Å². The van der Waals surface area contributed by atoms with Crippen LogP contribution >= 0.6 is 0 Å². The molecule has 112 valence electrons. The summed E-state index contributed by atoms with van der Waals surface area (Å²) in [5.74, 6) is -1.51. The van der Waals surface area contributed by atoms with E-state index < -0.39 is 21.7 Å². The van der Waals surface area contributed by atoms with E-state index in [4.69, 9.17) is 5.73 Å². The van der Waals surface area contributed by atoms with Crippen molar-refractivity contribution in [2.75, 3.05) is 30.4 Å². The quantitative estimate of drug-likeness (QED) is 0.827. The zero-order valence-electron chi connectivity index (χ0n) is 11.1. The lowest BCUT2D eigenvalue weighted by Gasteiger charge is -2.31. The van der Waals surface area contributed by atoms with E-state index in [1.54, 1.807) is 0 Å². The van der Waals surface area contributed by atoms with Crippen LogP contribution in [0.4, 0.5) is 20.2 Å². The molecule has 1 saturated heterocycles. The first kappa shape index (κ1) is 15.0. The van der Waals surface area contributed by atoms with Crippen molar-refractivity contribution >= 4 is 21.4 Å². The van der Waals surface area contributed by atoms with Gasteiger partial charge in [0.2, 0.25) is 10.0 Å². The number of nitrogens with two attached hydrogens (primary N) is 1. The van der Waals surface area contributed by atoms with Gasteiger partial charge in [0.15, 0.2) is 5.82 Å². The molecule has 1 aliphatic rings.